The van der Waals surface area contributed by atoms with Crippen LogP contribution in [0.4, 0.5) is 0 Å². The van der Waals surface area contributed by atoms with Crippen molar-refractivity contribution in [2.24, 2.45) is 0 Å². The molecule has 1 aromatic rings. The van der Waals surface area contributed by atoms with Crippen molar-refractivity contribution in [3.05, 3.63) is 23.8 Å². The zero-order valence-corrected chi connectivity index (χ0v) is 8.71. The van der Waals surface area contributed by atoms with Crippen molar-refractivity contribution in [2.45, 2.75) is 11.8 Å². The molecule has 0 aromatic heterocycles. The Labute approximate surface area is 82.1 Å². The normalized spacial score (nSPS) is 9.92. The molecular formula is C9H11ClOS. The van der Waals surface area contributed by atoms with Crippen LogP contribution in [0.15, 0.2) is 23.1 Å². The van der Waals surface area contributed by atoms with Crippen molar-refractivity contribution in [2.75, 3.05) is 12.3 Å². The number of thioether (sulfide) groups is 1. The van der Waals surface area contributed by atoms with Gasteiger partial charge in [-0.3, -0.25) is 0 Å². The molecule has 0 bridgehead atoms. The molecule has 0 heterocycles. The maximum absolute atomic E-state index is 5.59. The molecule has 12 heavy (non-hydrogen) atoms. The molecule has 1 aromatic carbocycles. The van der Waals surface area contributed by atoms with E-state index in [0.717, 1.165) is 11.3 Å². The molecule has 0 radical (unpaired) electrons. The van der Waals surface area contributed by atoms with Crippen LogP contribution in [0.3, 0.4) is 0 Å². The average Bonchev–Trinajstić information content (AvgIpc) is 2.05. The molecule has 3 heteroatoms. The summed E-state index contributed by atoms with van der Waals surface area (Å²) < 4.78 is 5.14. The molecule has 1 rings (SSSR count). The molecule has 0 atom stereocenters. The van der Waals surface area contributed by atoms with Crippen LogP contribution in [-0.4, -0.2) is 12.3 Å². The Morgan fingerprint density at radius 3 is 2.75 bits per heavy atom. The summed E-state index contributed by atoms with van der Waals surface area (Å²) in [6.45, 7) is 2.02. The highest BCUT2D eigenvalue weighted by molar-refractivity contribution is 8.00. The Hall–Kier alpha value is -0.340. The lowest BCUT2D eigenvalue weighted by Gasteiger charge is -2.05. The third-order valence-electron chi connectivity index (χ3n) is 1.59. The molecule has 0 aliphatic heterocycles. The Kier molecular flexibility index (Phi) is 3.76. The standard InChI is InChI=1S/C9H11ClOS/c1-7-5-8(12-6-10)3-4-9(7)11-2/h3-5H,6H2,1-2H3. The summed E-state index contributed by atoms with van der Waals surface area (Å²) in [4.78, 5) is 1.18. The second-order valence-corrected chi connectivity index (χ2v) is 4.02. The number of halogens is 1. The lowest BCUT2D eigenvalue weighted by atomic mass is 10.2. The van der Waals surface area contributed by atoms with Crippen molar-refractivity contribution in [1.29, 1.82) is 0 Å². The van der Waals surface area contributed by atoms with Gasteiger partial charge in [0.05, 0.1) is 12.3 Å². The minimum absolute atomic E-state index is 0.589. The fraction of sp³-hybridized carbons (Fsp3) is 0.333. The summed E-state index contributed by atoms with van der Waals surface area (Å²) in [5.74, 6) is 0.925. The number of rotatable bonds is 3. The Morgan fingerprint density at radius 1 is 1.50 bits per heavy atom. The Balaban J connectivity index is 2.86. The minimum Gasteiger partial charge on any atom is -0.496 e. The summed E-state index contributed by atoms with van der Waals surface area (Å²) >= 11 is 7.21. The highest BCUT2D eigenvalue weighted by atomic mass is 35.5. The van der Waals surface area contributed by atoms with Crippen LogP contribution < -0.4 is 4.74 Å². The van der Waals surface area contributed by atoms with Crippen LogP contribution in [0.25, 0.3) is 0 Å². The van der Waals surface area contributed by atoms with E-state index >= 15 is 0 Å². The molecule has 0 N–H and O–H groups in total. The topological polar surface area (TPSA) is 9.23 Å². The van der Waals surface area contributed by atoms with E-state index in [1.807, 2.05) is 19.1 Å². The van der Waals surface area contributed by atoms with Crippen molar-refractivity contribution in [3.63, 3.8) is 0 Å². The molecule has 1 nitrogen and oxygen atoms in total. The van der Waals surface area contributed by atoms with E-state index in [2.05, 4.69) is 6.07 Å². The van der Waals surface area contributed by atoms with Crippen LogP contribution in [0.2, 0.25) is 0 Å². The second-order valence-electron chi connectivity index (χ2n) is 2.38. The number of hydrogen-bond donors (Lipinski definition) is 0. The fourth-order valence-electron chi connectivity index (χ4n) is 1.00. The Morgan fingerprint density at radius 2 is 2.25 bits per heavy atom. The predicted molar refractivity (Wildman–Crippen MR) is 54.3 cm³/mol. The molecule has 0 saturated heterocycles. The van der Waals surface area contributed by atoms with E-state index in [1.54, 1.807) is 18.9 Å². The van der Waals surface area contributed by atoms with Crippen LogP contribution in [0, 0.1) is 6.92 Å². The van der Waals surface area contributed by atoms with Crippen molar-refractivity contribution in [3.8, 4) is 5.75 Å². The van der Waals surface area contributed by atoms with Crippen LogP contribution in [-0.2, 0) is 0 Å². The zero-order chi connectivity index (χ0) is 8.97. The first-order valence-corrected chi connectivity index (χ1v) is 5.13. The van der Waals surface area contributed by atoms with Gasteiger partial charge in [-0.2, -0.15) is 0 Å². The summed E-state index contributed by atoms with van der Waals surface area (Å²) in [5.41, 5.74) is 1.15. The number of alkyl halides is 1. The fourth-order valence-corrected chi connectivity index (χ4v) is 1.93. The zero-order valence-electron chi connectivity index (χ0n) is 7.13. The van der Waals surface area contributed by atoms with E-state index in [1.165, 1.54) is 4.90 Å². The molecule has 0 amide bonds. The van der Waals surface area contributed by atoms with Gasteiger partial charge in [0.15, 0.2) is 0 Å². The Bertz CT molecular complexity index is 263. The monoisotopic (exact) mass is 202 g/mol. The van der Waals surface area contributed by atoms with Crippen molar-refractivity contribution in [1.82, 2.24) is 0 Å². The van der Waals surface area contributed by atoms with Gasteiger partial charge in [0.25, 0.3) is 0 Å². The minimum atomic E-state index is 0.589. The van der Waals surface area contributed by atoms with Gasteiger partial charge in [-0.15, -0.1) is 23.4 Å². The largest absolute Gasteiger partial charge is 0.496 e. The van der Waals surface area contributed by atoms with Crippen LogP contribution in [0.5, 0.6) is 5.75 Å². The van der Waals surface area contributed by atoms with Gasteiger partial charge in [0.1, 0.15) is 5.75 Å². The molecule has 0 fully saturated rings. The molecule has 0 aliphatic carbocycles. The SMILES string of the molecule is COc1ccc(SCCl)cc1C. The molecular weight excluding hydrogens is 192 g/mol. The summed E-state index contributed by atoms with van der Waals surface area (Å²) in [6.07, 6.45) is 0. The van der Waals surface area contributed by atoms with E-state index in [0.29, 0.717) is 5.21 Å². The molecule has 0 aliphatic rings. The molecule has 0 saturated carbocycles. The second kappa shape index (κ2) is 4.63. The van der Waals surface area contributed by atoms with E-state index in [9.17, 15) is 0 Å². The number of hydrogen-bond acceptors (Lipinski definition) is 2. The van der Waals surface area contributed by atoms with Gasteiger partial charge in [0, 0.05) is 4.90 Å². The number of methoxy groups -OCH3 is 1. The van der Waals surface area contributed by atoms with Gasteiger partial charge in [-0.25, -0.2) is 0 Å². The summed E-state index contributed by atoms with van der Waals surface area (Å²) in [6, 6.07) is 6.05. The van der Waals surface area contributed by atoms with Crippen LogP contribution in [0.1, 0.15) is 5.56 Å². The van der Waals surface area contributed by atoms with Gasteiger partial charge >= 0.3 is 0 Å². The maximum atomic E-state index is 5.59. The number of ether oxygens (including phenoxy) is 1. The summed E-state index contributed by atoms with van der Waals surface area (Å²) in [5, 5.41) is 0.589. The van der Waals surface area contributed by atoms with E-state index < -0.39 is 0 Å². The van der Waals surface area contributed by atoms with E-state index in [-0.39, 0.29) is 0 Å². The molecule has 0 unspecified atom stereocenters. The lowest BCUT2D eigenvalue weighted by Crippen LogP contribution is -1.86. The lowest BCUT2D eigenvalue weighted by molar-refractivity contribution is 0.411. The average molecular weight is 203 g/mol. The first kappa shape index (κ1) is 9.75. The van der Waals surface area contributed by atoms with Gasteiger partial charge in [-0.05, 0) is 30.7 Å². The molecule has 66 valence electrons. The highest BCUT2D eigenvalue weighted by Crippen LogP contribution is 2.25. The van der Waals surface area contributed by atoms with Crippen LogP contribution >= 0.6 is 23.4 Å². The van der Waals surface area contributed by atoms with E-state index in [4.69, 9.17) is 16.3 Å². The first-order chi connectivity index (χ1) is 5.77. The maximum Gasteiger partial charge on any atom is 0.121 e. The number of aryl methyl sites for hydroxylation is 1. The van der Waals surface area contributed by atoms with Crippen molar-refractivity contribution < 1.29 is 4.74 Å². The summed E-state index contributed by atoms with van der Waals surface area (Å²) in [7, 11) is 1.68. The van der Waals surface area contributed by atoms with Crippen molar-refractivity contribution >= 4 is 23.4 Å². The van der Waals surface area contributed by atoms with Gasteiger partial charge in [-0.1, -0.05) is 0 Å². The van der Waals surface area contributed by atoms with Gasteiger partial charge < -0.3 is 4.74 Å². The third-order valence-corrected chi connectivity index (χ3v) is 2.61. The smallest absolute Gasteiger partial charge is 0.121 e. The highest BCUT2D eigenvalue weighted by Gasteiger charge is 1.98. The quantitative estimate of drug-likeness (QED) is 0.550. The predicted octanol–water partition coefficient (Wildman–Crippen LogP) is 3.29. The first-order valence-electron chi connectivity index (χ1n) is 3.61. The number of benzene rings is 1. The third kappa shape index (κ3) is 2.32. The molecule has 0 spiro atoms. The van der Waals surface area contributed by atoms with Gasteiger partial charge in [0.2, 0.25) is 0 Å².